The molecule has 0 aliphatic carbocycles. The first kappa shape index (κ1) is 10.3. The lowest BCUT2D eigenvalue weighted by molar-refractivity contribution is 0.178. The van der Waals surface area contributed by atoms with Crippen LogP contribution in [0.2, 0.25) is 5.02 Å². The maximum absolute atomic E-state index is 9.47. The van der Waals surface area contributed by atoms with Crippen LogP contribution in [-0.2, 0) is 6.42 Å². The number of hydrogen-bond acceptors (Lipinski definition) is 1. The average Bonchev–Trinajstić information content (AvgIpc) is 2.09. The molecule has 0 saturated carbocycles. The summed E-state index contributed by atoms with van der Waals surface area (Å²) in [5, 5.41) is 10.2. The van der Waals surface area contributed by atoms with Crippen LogP contribution in [0.5, 0.6) is 0 Å². The number of aliphatic hydroxyl groups excluding tert-OH is 1. The Bertz CT molecular complexity index is 266. The summed E-state index contributed by atoms with van der Waals surface area (Å²) < 4.78 is 0. The van der Waals surface area contributed by atoms with Crippen LogP contribution in [0.1, 0.15) is 12.0 Å². The van der Waals surface area contributed by atoms with E-state index in [2.05, 4.69) is 6.58 Å². The van der Waals surface area contributed by atoms with Gasteiger partial charge in [-0.2, -0.15) is 0 Å². The second-order valence-corrected chi connectivity index (χ2v) is 3.45. The van der Waals surface area contributed by atoms with Gasteiger partial charge in [-0.3, -0.25) is 0 Å². The number of rotatable bonds is 4. The van der Waals surface area contributed by atoms with Gasteiger partial charge in [0.2, 0.25) is 0 Å². The van der Waals surface area contributed by atoms with Gasteiger partial charge in [0.05, 0.1) is 6.10 Å². The Morgan fingerprint density at radius 3 is 2.54 bits per heavy atom. The molecule has 0 aliphatic rings. The Labute approximate surface area is 83.7 Å². The molecule has 1 N–H and O–H groups in total. The monoisotopic (exact) mass is 196 g/mol. The van der Waals surface area contributed by atoms with Crippen LogP contribution in [0.25, 0.3) is 0 Å². The van der Waals surface area contributed by atoms with Gasteiger partial charge in [-0.1, -0.05) is 29.8 Å². The van der Waals surface area contributed by atoms with E-state index in [4.69, 9.17) is 11.6 Å². The molecule has 1 atom stereocenters. The second kappa shape index (κ2) is 5.05. The molecule has 13 heavy (non-hydrogen) atoms. The third kappa shape index (κ3) is 3.62. The lowest BCUT2D eigenvalue weighted by Gasteiger charge is -2.07. The van der Waals surface area contributed by atoms with E-state index in [0.29, 0.717) is 12.8 Å². The van der Waals surface area contributed by atoms with Crippen molar-refractivity contribution in [1.29, 1.82) is 0 Å². The highest BCUT2D eigenvalue weighted by molar-refractivity contribution is 6.30. The Balaban J connectivity index is 2.53. The van der Waals surface area contributed by atoms with E-state index in [1.165, 1.54) is 0 Å². The van der Waals surface area contributed by atoms with Crippen molar-refractivity contribution in [3.8, 4) is 0 Å². The topological polar surface area (TPSA) is 20.2 Å². The molecule has 0 radical (unpaired) electrons. The predicted octanol–water partition coefficient (Wildman–Crippen LogP) is 2.82. The molecule has 1 aromatic rings. The summed E-state index contributed by atoms with van der Waals surface area (Å²) in [5.41, 5.74) is 1.10. The van der Waals surface area contributed by atoms with E-state index >= 15 is 0 Å². The third-order valence-electron chi connectivity index (χ3n) is 1.82. The van der Waals surface area contributed by atoms with E-state index in [-0.39, 0.29) is 6.10 Å². The van der Waals surface area contributed by atoms with Gasteiger partial charge in [0.25, 0.3) is 0 Å². The van der Waals surface area contributed by atoms with Crippen molar-refractivity contribution < 1.29 is 5.11 Å². The van der Waals surface area contributed by atoms with Crippen molar-refractivity contribution in [1.82, 2.24) is 0 Å². The standard InChI is InChI=1S/C11H13ClO/c1-2-3-11(13)8-9-4-6-10(12)7-5-9/h2,4-7,11,13H,1,3,8H2. The molecule has 1 aromatic carbocycles. The van der Waals surface area contributed by atoms with Gasteiger partial charge in [-0.15, -0.1) is 6.58 Å². The molecule has 1 nitrogen and oxygen atoms in total. The molecule has 0 bridgehead atoms. The average molecular weight is 197 g/mol. The van der Waals surface area contributed by atoms with Crippen LogP contribution in [0.3, 0.4) is 0 Å². The quantitative estimate of drug-likeness (QED) is 0.735. The maximum atomic E-state index is 9.47. The summed E-state index contributed by atoms with van der Waals surface area (Å²) in [6.07, 6.45) is 2.67. The molecule has 1 rings (SSSR count). The third-order valence-corrected chi connectivity index (χ3v) is 2.08. The van der Waals surface area contributed by atoms with Crippen LogP contribution in [0.15, 0.2) is 36.9 Å². The minimum Gasteiger partial charge on any atom is -0.392 e. The molecule has 0 spiro atoms. The molecular formula is C11H13ClO. The van der Waals surface area contributed by atoms with E-state index in [9.17, 15) is 5.11 Å². The Kier molecular flexibility index (Phi) is 4.00. The summed E-state index contributed by atoms with van der Waals surface area (Å²) >= 11 is 5.73. The van der Waals surface area contributed by atoms with Crippen molar-refractivity contribution in [3.63, 3.8) is 0 Å². The largest absolute Gasteiger partial charge is 0.392 e. The number of benzene rings is 1. The van der Waals surface area contributed by atoms with E-state index in [0.717, 1.165) is 10.6 Å². The smallest absolute Gasteiger partial charge is 0.0614 e. The van der Waals surface area contributed by atoms with Crippen molar-refractivity contribution in [2.24, 2.45) is 0 Å². The Hall–Kier alpha value is -0.790. The Morgan fingerprint density at radius 2 is 2.00 bits per heavy atom. The molecule has 0 fully saturated rings. The van der Waals surface area contributed by atoms with Crippen molar-refractivity contribution in [2.75, 3.05) is 0 Å². The summed E-state index contributed by atoms with van der Waals surface area (Å²) in [6.45, 7) is 3.58. The molecule has 0 heterocycles. The fourth-order valence-electron chi connectivity index (χ4n) is 1.17. The lowest BCUT2D eigenvalue weighted by atomic mass is 10.1. The summed E-state index contributed by atoms with van der Waals surface area (Å²) in [4.78, 5) is 0. The van der Waals surface area contributed by atoms with E-state index < -0.39 is 0 Å². The molecular weight excluding hydrogens is 184 g/mol. The van der Waals surface area contributed by atoms with Crippen LogP contribution < -0.4 is 0 Å². The highest BCUT2D eigenvalue weighted by Crippen LogP contribution is 2.11. The first-order valence-corrected chi connectivity index (χ1v) is 4.63. The molecule has 0 aliphatic heterocycles. The van der Waals surface area contributed by atoms with Gasteiger partial charge in [-0.05, 0) is 30.5 Å². The molecule has 2 heteroatoms. The Morgan fingerprint density at radius 1 is 1.38 bits per heavy atom. The highest BCUT2D eigenvalue weighted by Gasteiger charge is 2.02. The minimum atomic E-state index is -0.335. The van der Waals surface area contributed by atoms with Crippen LogP contribution in [0.4, 0.5) is 0 Å². The van der Waals surface area contributed by atoms with Gasteiger partial charge in [0, 0.05) is 5.02 Å². The van der Waals surface area contributed by atoms with Crippen LogP contribution in [0, 0.1) is 0 Å². The summed E-state index contributed by atoms with van der Waals surface area (Å²) in [5.74, 6) is 0. The molecule has 0 amide bonds. The first-order chi connectivity index (χ1) is 6.22. The van der Waals surface area contributed by atoms with Gasteiger partial charge < -0.3 is 5.11 Å². The molecule has 0 saturated heterocycles. The first-order valence-electron chi connectivity index (χ1n) is 4.26. The zero-order valence-corrected chi connectivity index (χ0v) is 8.17. The molecule has 1 unspecified atom stereocenters. The maximum Gasteiger partial charge on any atom is 0.0614 e. The number of aliphatic hydroxyl groups is 1. The van der Waals surface area contributed by atoms with Crippen molar-refractivity contribution in [3.05, 3.63) is 47.5 Å². The van der Waals surface area contributed by atoms with Crippen molar-refractivity contribution >= 4 is 11.6 Å². The fraction of sp³-hybridized carbons (Fsp3) is 0.273. The summed E-state index contributed by atoms with van der Waals surface area (Å²) in [6, 6.07) is 7.51. The minimum absolute atomic E-state index is 0.335. The number of hydrogen-bond donors (Lipinski definition) is 1. The fourth-order valence-corrected chi connectivity index (χ4v) is 1.29. The van der Waals surface area contributed by atoms with Gasteiger partial charge in [-0.25, -0.2) is 0 Å². The second-order valence-electron chi connectivity index (χ2n) is 3.01. The predicted molar refractivity (Wildman–Crippen MR) is 56.0 cm³/mol. The molecule has 0 aromatic heterocycles. The zero-order valence-electron chi connectivity index (χ0n) is 7.41. The zero-order chi connectivity index (χ0) is 9.68. The van der Waals surface area contributed by atoms with Gasteiger partial charge in [0.15, 0.2) is 0 Å². The van der Waals surface area contributed by atoms with Gasteiger partial charge in [0.1, 0.15) is 0 Å². The van der Waals surface area contributed by atoms with E-state index in [1.54, 1.807) is 6.08 Å². The van der Waals surface area contributed by atoms with E-state index in [1.807, 2.05) is 24.3 Å². The normalized spacial score (nSPS) is 12.5. The number of halogens is 1. The van der Waals surface area contributed by atoms with Crippen LogP contribution >= 0.6 is 11.6 Å². The van der Waals surface area contributed by atoms with Crippen molar-refractivity contribution in [2.45, 2.75) is 18.9 Å². The van der Waals surface area contributed by atoms with Crippen LogP contribution in [-0.4, -0.2) is 11.2 Å². The highest BCUT2D eigenvalue weighted by atomic mass is 35.5. The van der Waals surface area contributed by atoms with Gasteiger partial charge >= 0.3 is 0 Å². The summed E-state index contributed by atoms with van der Waals surface area (Å²) in [7, 11) is 0. The molecule has 70 valence electrons. The lowest BCUT2D eigenvalue weighted by Crippen LogP contribution is -2.08. The SMILES string of the molecule is C=CCC(O)Cc1ccc(Cl)cc1.